The van der Waals surface area contributed by atoms with Crippen molar-refractivity contribution in [3.63, 3.8) is 0 Å². The Morgan fingerprint density at radius 2 is 1.56 bits per heavy atom. The molecule has 0 atom stereocenters. The van der Waals surface area contributed by atoms with Gasteiger partial charge in [-0.15, -0.1) is 17.0 Å². The molecule has 0 unspecified atom stereocenters. The Morgan fingerprint density at radius 3 is 2.19 bits per heavy atom. The predicted molar refractivity (Wildman–Crippen MR) is 124 cm³/mol. The molecule has 2 N–H and O–H groups in total. The van der Waals surface area contributed by atoms with Crippen molar-refractivity contribution in [3.05, 3.63) is 89.9 Å². The lowest BCUT2D eigenvalue weighted by atomic mass is 10.1. The third-order valence-corrected chi connectivity index (χ3v) is 4.54. The Hall–Kier alpha value is -3.90. The summed E-state index contributed by atoms with van der Waals surface area (Å²) in [5, 5.41) is 14.6. The van der Waals surface area contributed by atoms with E-state index in [-0.39, 0.29) is 34.4 Å². The highest BCUT2D eigenvalue weighted by molar-refractivity contribution is 8.93. The fourth-order valence-electron chi connectivity index (χ4n) is 2.91. The molecule has 4 rings (SSSR count). The summed E-state index contributed by atoms with van der Waals surface area (Å²) in [5.41, 5.74) is 2.58. The smallest absolute Gasteiger partial charge is 0.229 e. The third kappa shape index (κ3) is 5.04. The van der Waals surface area contributed by atoms with Gasteiger partial charge in [0.1, 0.15) is 23.1 Å². The zero-order chi connectivity index (χ0) is 21.8. The molecular formula is C23H17BrF2N6. The zero-order valence-corrected chi connectivity index (χ0v) is 18.5. The van der Waals surface area contributed by atoms with Crippen molar-refractivity contribution in [2.24, 2.45) is 0 Å². The largest absolute Gasteiger partial charge is 0.335 e. The summed E-state index contributed by atoms with van der Waals surface area (Å²) in [7, 11) is 0. The van der Waals surface area contributed by atoms with E-state index in [1.807, 2.05) is 6.07 Å². The number of aryl methyl sites for hydroxylation is 1. The topological polar surface area (TPSA) is 86.5 Å². The maximum atomic E-state index is 14.7. The number of nitrogens with one attached hydrogen (secondary N) is 2. The van der Waals surface area contributed by atoms with Gasteiger partial charge in [-0.1, -0.05) is 0 Å². The van der Waals surface area contributed by atoms with Gasteiger partial charge in [0, 0.05) is 29.8 Å². The van der Waals surface area contributed by atoms with E-state index in [9.17, 15) is 8.78 Å². The Labute approximate surface area is 193 Å². The van der Waals surface area contributed by atoms with Crippen molar-refractivity contribution in [2.75, 3.05) is 10.6 Å². The monoisotopic (exact) mass is 494 g/mol. The molecule has 0 fully saturated rings. The van der Waals surface area contributed by atoms with Gasteiger partial charge in [-0.2, -0.15) is 10.2 Å². The quantitative estimate of drug-likeness (QED) is 0.350. The fraction of sp³-hybridized carbons (Fsp3) is 0.0435. The lowest BCUT2D eigenvalue weighted by Gasteiger charge is -2.13. The van der Waals surface area contributed by atoms with Crippen LogP contribution in [0.4, 0.5) is 31.9 Å². The summed E-state index contributed by atoms with van der Waals surface area (Å²) < 4.78 is 29.5. The van der Waals surface area contributed by atoms with Crippen LogP contribution in [0, 0.1) is 29.9 Å². The highest BCUT2D eigenvalue weighted by Gasteiger charge is 2.15. The molecule has 6 nitrogen and oxygen atoms in total. The van der Waals surface area contributed by atoms with Gasteiger partial charge >= 0.3 is 0 Å². The van der Waals surface area contributed by atoms with Crippen LogP contribution in [0.1, 0.15) is 11.1 Å². The maximum Gasteiger partial charge on any atom is 0.229 e. The van der Waals surface area contributed by atoms with Crippen LogP contribution < -0.4 is 10.6 Å². The first-order valence-electron chi connectivity index (χ1n) is 9.31. The number of benzene rings is 2. The number of hydrogen-bond acceptors (Lipinski definition) is 6. The van der Waals surface area contributed by atoms with Gasteiger partial charge in [-0.25, -0.2) is 13.8 Å². The second-order valence-electron chi connectivity index (χ2n) is 6.72. The number of halogens is 3. The van der Waals surface area contributed by atoms with Crippen molar-refractivity contribution in [1.29, 1.82) is 5.26 Å². The number of anilines is 4. The number of nitrogens with zero attached hydrogens (tertiary/aromatic N) is 4. The first-order valence-corrected chi connectivity index (χ1v) is 9.31. The summed E-state index contributed by atoms with van der Waals surface area (Å²) in [6.07, 6.45) is 4.66. The first-order chi connectivity index (χ1) is 15.0. The number of pyridine rings is 1. The van der Waals surface area contributed by atoms with Crippen LogP contribution in [0.5, 0.6) is 0 Å². The minimum atomic E-state index is -0.744. The molecule has 0 saturated heterocycles. The van der Waals surface area contributed by atoms with Crippen LogP contribution >= 0.6 is 17.0 Å². The molecule has 0 bridgehead atoms. The molecular weight excluding hydrogens is 478 g/mol. The molecule has 0 aliphatic heterocycles. The van der Waals surface area contributed by atoms with Crippen molar-refractivity contribution < 1.29 is 8.78 Å². The molecule has 0 aliphatic carbocycles. The Balaban J connectivity index is 0.00000289. The van der Waals surface area contributed by atoms with Gasteiger partial charge in [-0.05, 0) is 66.6 Å². The molecule has 0 amide bonds. The Morgan fingerprint density at radius 1 is 0.906 bits per heavy atom. The van der Waals surface area contributed by atoms with Gasteiger partial charge < -0.3 is 10.6 Å². The standard InChI is InChI=1S/C23H16F2N6.BrH/c1-14-13-28-23(29-18-4-2-15(12-26)3-5-18)31-22(14)30-21-19(24)10-17(11-20(21)25)16-6-8-27-9-7-16;/h2-11,13H,1H3,(H2,28,29,30,31);1H. The average molecular weight is 495 g/mol. The Kier molecular flexibility index (Phi) is 7.07. The highest BCUT2D eigenvalue weighted by Crippen LogP contribution is 2.30. The fourth-order valence-corrected chi connectivity index (χ4v) is 2.91. The molecule has 9 heteroatoms. The maximum absolute atomic E-state index is 14.7. The summed E-state index contributed by atoms with van der Waals surface area (Å²) in [4.78, 5) is 12.4. The molecule has 0 spiro atoms. The first kappa shape index (κ1) is 22.8. The molecule has 2 aromatic heterocycles. The lowest BCUT2D eigenvalue weighted by Crippen LogP contribution is -2.05. The number of hydrogen-bond donors (Lipinski definition) is 2. The zero-order valence-electron chi connectivity index (χ0n) is 16.8. The summed E-state index contributed by atoms with van der Waals surface area (Å²) >= 11 is 0. The van der Waals surface area contributed by atoms with Crippen molar-refractivity contribution in [1.82, 2.24) is 15.0 Å². The van der Waals surface area contributed by atoms with E-state index in [0.29, 0.717) is 27.9 Å². The van der Waals surface area contributed by atoms with Crippen LogP contribution in [0.25, 0.3) is 11.1 Å². The molecule has 32 heavy (non-hydrogen) atoms. The van der Waals surface area contributed by atoms with E-state index in [1.165, 1.54) is 12.1 Å². The van der Waals surface area contributed by atoms with Crippen molar-refractivity contribution in [2.45, 2.75) is 6.92 Å². The van der Waals surface area contributed by atoms with Gasteiger partial charge in [0.05, 0.1) is 11.6 Å². The third-order valence-electron chi connectivity index (χ3n) is 4.54. The van der Waals surface area contributed by atoms with E-state index in [0.717, 1.165) is 0 Å². The van der Waals surface area contributed by atoms with Gasteiger partial charge in [-0.3, -0.25) is 4.98 Å². The predicted octanol–water partition coefficient (Wildman–Crippen LogP) is 6.06. The number of rotatable bonds is 5. The second-order valence-corrected chi connectivity index (χ2v) is 6.72. The number of aromatic nitrogens is 3. The van der Waals surface area contributed by atoms with Crippen LogP contribution in [0.2, 0.25) is 0 Å². The van der Waals surface area contributed by atoms with Crippen LogP contribution in [-0.4, -0.2) is 15.0 Å². The number of nitriles is 1. The van der Waals surface area contributed by atoms with Crippen LogP contribution in [0.3, 0.4) is 0 Å². The van der Waals surface area contributed by atoms with E-state index >= 15 is 0 Å². The molecule has 0 radical (unpaired) electrons. The van der Waals surface area contributed by atoms with Crippen molar-refractivity contribution in [3.8, 4) is 17.2 Å². The van der Waals surface area contributed by atoms with Gasteiger partial charge in [0.15, 0.2) is 0 Å². The van der Waals surface area contributed by atoms with Crippen LogP contribution in [-0.2, 0) is 0 Å². The van der Waals surface area contributed by atoms with E-state index in [1.54, 1.807) is 61.9 Å². The molecule has 4 aromatic rings. The molecule has 2 aromatic carbocycles. The van der Waals surface area contributed by atoms with Crippen LogP contribution in [0.15, 0.2) is 67.1 Å². The minimum Gasteiger partial charge on any atom is -0.335 e. The van der Waals surface area contributed by atoms with Crippen molar-refractivity contribution >= 4 is 40.1 Å². The minimum absolute atomic E-state index is 0. The summed E-state index contributed by atoms with van der Waals surface area (Å²) in [6.45, 7) is 1.73. The Bertz CT molecular complexity index is 1250. The van der Waals surface area contributed by atoms with E-state index in [2.05, 4.69) is 25.6 Å². The lowest BCUT2D eigenvalue weighted by molar-refractivity contribution is 0.591. The summed E-state index contributed by atoms with van der Waals surface area (Å²) in [6, 6.07) is 14.7. The molecule has 2 heterocycles. The second kappa shape index (κ2) is 9.94. The van der Waals surface area contributed by atoms with Gasteiger partial charge in [0.25, 0.3) is 0 Å². The van der Waals surface area contributed by atoms with E-state index < -0.39 is 11.6 Å². The van der Waals surface area contributed by atoms with Gasteiger partial charge in [0.2, 0.25) is 5.95 Å². The molecule has 0 saturated carbocycles. The SMILES string of the molecule is Br.Cc1cnc(Nc2ccc(C#N)cc2)nc1Nc1c(F)cc(-c2ccncc2)cc1F. The average Bonchev–Trinajstić information content (AvgIpc) is 2.79. The normalized spacial score (nSPS) is 10.1. The van der Waals surface area contributed by atoms with E-state index in [4.69, 9.17) is 5.26 Å². The highest BCUT2D eigenvalue weighted by atomic mass is 79.9. The summed E-state index contributed by atoms with van der Waals surface area (Å²) in [5.74, 6) is -0.981. The molecule has 0 aliphatic rings. The molecule has 160 valence electrons.